The minimum Gasteiger partial charge on any atom is -0.453 e. The van der Waals surface area contributed by atoms with E-state index in [1.165, 1.54) is 47.3 Å². The van der Waals surface area contributed by atoms with Crippen molar-refractivity contribution >= 4 is 34.6 Å². The first kappa shape index (κ1) is 30.0. The molecule has 2 aromatic heterocycles. The standard InChI is InChI=1S/C27H34FN7O5/c1-17(2)14-35-22-11-10-18(28)12-20(22)30-23(35)15-34-16-29-13-21(26(34)38)31-25(37)19(32-27(39)40-5)8-6-7-9-24(36)33(3)4/h7,9-13,16-17,19H,6,8,14-15H2,1-5H3,(H,31,37)(H,32,39). The lowest BCUT2D eigenvalue weighted by molar-refractivity contribution is -0.123. The van der Waals surface area contributed by atoms with Crippen LogP contribution in [0.1, 0.15) is 32.5 Å². The van der Waals surface area contributed by atoms with Crippen LogP contribution in [0.5, 0.6) is 0 Å². The molecule has 2 heterocycles. The maximum absolute atomic E-state index is 13.8. The normalized spacial score (nSPS) is 12.1. The van der Waals surface area contributed by atoms with Crippen LogP contribution in [0, 0.1) is 11.7 Å². The maximum atomic E-state index is 13.8. The molecule has 0 fully saturated rings. The minimum atomic E-state index is -1.05. The molecule has 0 aliphatic heterocycles. The number of aromatic nitrogens is 4. The average molecular weight is 556 g/mol. The Morgan fingerprint density at radius 3 is 2.65 bits per heavy atom. The lowest BCUT2D eigenvalue weighted by Gasteiger charge is -2.17. The average Bonchev–Trinajstić information content (AvgIpc) is 3.22. The summed E-state index contributed by atoms with van der Waals surface area (Å²) in [5.74, 6) is -0.490. The monoisotopic (exact) mass is 555 g/mol. The van der Waals surface area contributed by atoms with Gasteiger partial charge in [0.25, 0.3) is 5.56 Å². The molecule has 1 unspecified atom stereocenters. The van der Waals surface area contributed by atoms with Gasteiger partial charge in [-0.05, 0) is 37.0 Å². The zero-order valence-corrected chi connectivity index (χ0v) is 23.2. The molecule has 0 aliphatic rings. The Labute approximate surface area is 230 Å². The molecule has 1 aromatic carbocycles. The molecule has 1 atom stereocenters. The summed E-state index contributed by atoms with van der Waals surface area (Å²) in [5, 5.41) is 4.97. The van der Waals surface area contributed by atoms with Crippen molar-refractivity contribution in [1.29, 1.82) is 0 Å². The number of rotatable bonds is 11. The molecule has 2 N–H and O–H groups in total. The summed E-state index contributed by atoms with van der Waals surface area (Å²) >= 11 is 0. The zero-order valence-electron chi connectivity index (χ0n) is 23.2. The smallest absolute Gasteiger partial charge is 0.407 e. The fourth-order valence-electron chi connectivity index (χ4n) is 3.93. The van der Waals surface area contributed by atoms with Gasteiger partial charge in [0.1, 0.15) is 23.4 Å². The third-order valence-corrected chi connectivity index (χ3v) is 5.92. The number of imidazole rings is 1. The summed E-state index contributed by atoms with van der Waals surface area (Å²) in [7, 11) is 4.39. The Hall–Kier alpha value is -4.55. The van der Waals surface area contributed by atoms with Crippen LogP contribution in [-0.2, 0) is 27.4 Å². The maximum Gasteiger partial charge on any atom is 0.407 e. The number of halogens is 1. The SMILES string of the molecule is COC(=O)NC(CCC=CC(=O)N(C)C)C(=O)Nc1cncn(Cc2nc3cc(F)ccc3n2CC(C)C)c1=O. The van der Waals surface area contributed by atoms with Gasteiger partial charge in [-0.2, -0.15) is 0 Å². The van der Waals surface area contributed by atoms with E-state index in [0.717, 1.165) is 5.52 Å². The van der Waals surface area contributed by atoms with Crippen LogP contribution in [0.3, 0.4) is 0 Å². The summed E-state index contributed by atoms with van der Waals surface area (Å²) in [6.45, 7) is 4.72. The number of anilines is 1. The molecular weight excluding hydrogens is 521 g/mol. The number of likely N-dealkylation sites (N-methyl/N-ethyl adjacent to an activating group) is 1. The number of allylic oxidation sites excluding steroid dienone is 1. The van der Waals surface area contributed by atoms with E-state index in [-0.39, 0.29) is 30.5 Å². The van der Waals surface area contributed by atoms with Crippen LogP contribution in [0.2, 0.25) is 0 Å². The van der Waals surface area contributed by atoms with Crippen molar-refractivity contribution < 1.29 is 23.5 Å². The highest BCUT2D eigenvalue weighted by atomic mass is 19.1. The van der Waals surface area contributed by atoms with Crippen LogP contribution < -0.4 is 16.2 Å². The summed E-state index contributed by atoms with van der Waals surface area (Å²) < 4.78 is 21.7. The van der Waals surface area contributed by atoms with Crippen molar-refractivity contribution in [2.75, 3.05) is 26.5 Å². The fraction of sp³-hybridized carbons (Fsp3) is 0.407. The van der Waals surface area contributed by atoms with Gasteiger partial charge in [-0.1, -0.05) is 19.9 Å². The molecule has 214 valence electrons. The van der Waals surface area contributed by atoms with Gasteiger partial charge in [0, 0.05) is 26.7 Å². The highest BCUT2D eigenvalue weighted by Crippen LogP contribution is 2.20. The lowest BCUT2D eigenvalue weighted by Crippen LogP contribution is -2.44. The van der Waals surface area contributed by atoms with Crippen LogP contribution in [-0.4, -0.2) is 69.2 Å². The van der Waals surface area contributed by atoms with Crippen molar-refractivity contribution in [3.63, 3.8) is 0 Å². The van der Waals surface area contributed by atoms with E-state index in [1.807, 2.05) is 18.4 Å². The first-order valence-electron chi connectivity index (χ1n) is 12.7. The topological polar surface area (TPSA) is 140 Å². The molecule has 3 aromatic rings. The predicted octanol–water partition coefficient (Wildman–Crippen LogP) is 2.52. The van der Waals surface area contributed by atoms with Crippen molar-refractivity contribution in [1.82, 2.24) is 29.3 Å². The summed E-state index contributed by atoms with van der Waals surface area (Å²) in [6, 6.07) is 3.31. The van der Waals surface area contributed by atoms with E-state index in [2.05, 4.69) is 25.3 Å². The highest BCUT2D eigenvalue weighted by Gasteiger charge is 2.22. The number of fused-ring (bicyclic) bond motifs is 1. The molecule has 0 radical (unpaired) electrons. The number of hydrogen-bond acceptors (Lipinski definition) is 7. The fourth-order valence-corrected chi connectivity index (χ4v) is 3.93. The molecular formula is C27H34FN7O5. The van der Waals surface area contributed by atoms with Gasteiger partial charge in [0.15, 0.2) is 0 Å². The number of carbonyl (C=O) groups is 3. The Bertz CT molecular complexity index is 1460. The Morgan fingerprint density at radius 2 is 1.98 bits per heavy atom. The molecule has 0 aliphatic carbocycles. The predicted molar refractivity (Wildman–Crippen MR) is 147 cm³/mol. The number of alkyl carbamates (subject to hydrolysis) is 1. The van der Waals surface area contributed by atoms with Gasteiger partial charge in [-0.15, -0.1) is 0 Å². The molecule has 12 nitrogen and oxygen atoms in total. The Balaban J connectivity index is 1.82. The van der Waals surface area contributed by atoms with Crippen LogP contribution in [0.15, 0.2) is 47.7 Å². The van der Waals surface area contributed by atoms with Crippen molar-refractivity contribution in [2.45, 2.75) is 45.8 Å². The Kier molecular flexibility index (Phi) is 10.1. The van der Waals surface area contributed by atoms with Crippen molar-refractivity contribution in [2.24, 2.45) is 5.92 Å². The first-order chi connectivity index (χ1) is 19.0. The van der Waals surface area contributed by atoms with E-state index in [1.54, 1.807) is 26.2 Å². The molecule has 0 spiro atoms. The van der Waals surface area contributed by atoms with Crippen LogP contribution >= 0.6 is 0 Å². The van der Waals surface area contributed by atoms with Gasteiger partial charge in [-0.3, -0.25) is 19.0 Å². The highest BCUT2D eigenvalue weighted by molar-refractivity contribution is 5.96. The number of benzene rings is 1. The molecule has 40 heavy (non-hydrogen) atoms. The van der Waals surface area contributed by atoms with Gasteiger partial charge >= 0.3 is 6.09 Å². The number of hydrogen-bond donors (Lipinski definition) is 2. The van der Waals surface area contributed by atoms with E-state index in [0.29, 0.717) is 24.3 Å². The number of nitrogens with zero attached hydrogens (tertiary/aromatic N) is 5. The number of methoxy groups -OCH3 is 1. The first-order valence-corrected chi connectivity index (χ1v) is 12.7. The van der Waals surface area contributed by atoms with Gasteiger partial charge < -0.3 is 24.8 Å². The molecule has 0 saturated carbocycles. The van der Waals surface area contributed by atoms with Crippen LogP contribution in [0.25, 0.3) is 11.0 Å². The molecule has 0 saturated heterocycles. The summed E-state index contributed by atoms with van der Waals surface area (Å²) in [5.41, 5.74) is 0.582. The molecule has 13 heteroatoms. The number of ether oxygens (including phenoxy) is 1. The third kappa shape index (κ3) is 7.74. The minimum absolute atomic E-state index is 0.0348. The molecule has 0 bridgehead atoms. The van der Waals surface area contributed by atoms with E-state index in [4.69, 9.17) is 0 Å². The van der Waals surface area contributed by atoms with Crippen molar-refractivity contribution in [3.8, 4) is 0 Å². The van der Waals surface area contributed by atoms with E-state index >= 15 is 0 Å². The van der Waals surface area contributed by atoms with Gasteiger partial charge in [0.05, 0.1) is 37.2 Å². The number of amides is 3. The number of carbonyl (C=O) groups excluding carboxylic acids is 3. The van der Waals surface area contributed by atoms with Gasteiger partial charge in [0.2, 0.25) is 11.8 Å². The summed E-state index contributed by atoms with van der Waals surface area (Å²) in [4.78, 5) is 59.9. The second kappa shape index (κ2) is 13.5. The largest absolute Gasteiger partial charge is 0.453 e. The Morgan fingerprint density at radius 1 is 1.23 bits per heavy atom. The second-order valence-electron chi connectivity index (χ2n) is 9.80. The summed E-state index contributed by atoms with van der Waals surface area (Å²) in [6.07, 6.45) is 5.12. The molecule has 3 amide bonds. The van der Waals surface area contributed by atoms with Crippen molar-refractivity contribution in [3.05, 3.63) is 64.9 Å². The van der Waals surface area contributed by atoms with E-state index in [9.17, 15) is 23.6 Å². The lowest BCUT2D eigenvalue weighted by atomic mass is 10.1. The molecule has 3 rings (SSSR count). The van der Waals surface area contributed by atoms with Gasteiger partial charge in [-0.25, -0.2) is 19.2 Å². The van der Waals surface area contributed by atoms with Crippen LogP contribution in [0.4, 0.5) is 14.9 Å². The quantitative estimate of drug-likeness (QED) is 0.347. The third-order valence-electron chi connectivity index (χ3n) is 5.92. The second-order valence-corrected chi connectivity index (χ2v) is 9.80. The van der Waals surface area contributed by atoms with E-state index < -0.39 is 29.4 Å². The zero-order chi connectivity index (χ0) is 29.4. The number of nitrogens with one attached hydrogen (secondary N) is 2.